The van der Waals surface area contributed by atoms with E-state index in [0.717, 1.165) is 6.07 Å². The SMILES string of the molecule is CC(=O)[C@@H](O)c1cccc(F)c1. The van der Waals surface area contributed by atoms with Crippen LogP contribution in [0.15, 0.2) is 24.3 Å². The highest BCUT2D eigenvalue weighted by Crippen LogP contribution is 2.14. The quantitative estimate of drug-likeness (QED) is 0.725. The van der Waals surface area contributed by atoms with Crippen molar-refractivity contribution in [2.45, 2.75) is 13.0 Å². The molecular formula is C9H9FO2. The Hall–Kier alpha value is -1.22. The number of aliphatic hydroxyl groups is 1. The molecule has 2 nitrogen and oxygen atoms in total. The van der Waals surface area contributed by atoms with Crippen molar-refractivity contribution < 1.29 is 14.3 Å². The Morgan fingerprint density at radius 3 is 2.75 bits per heavy atom. The molecular weight excluding hydrogens is 159 g/mol. The van der Waals surface area contributed by atoms with Gasteiger partial charge in [0.2, 0.25) is 0 Å². The monoisotopic (exact) mass is 168 g/mol. The zero-order valence-electron chi connectivity index (χ0n) is 6.62. The fourth-order valence-corrected chi connectivity index (χ4v) is 0.911. The number of rotatable bonds is 2. The molecule has 1 rings (SSSR count). The van der Waals surface area contributed by atoms with Gasteiger partial charge in [-0.05, 0) is 24.6 Å². The van der Waals surface area contributed by atoms with E-state index in [0.29, 0.717) is 5.56 Å². The highest BCUT2D eigenvalue weighted by molar-refractivity contribution is 5.81. The van der Waals surface area contributed by atoms with Crippen molar-refractivity contribution in [3.63, 3.8) is 0 Å². The number of halogens is 1. The number of benzene rings is 1. The maximum atomic E-state index is 12.6. The van der Waals surface area contributed by atoms with E-state index < -0.39 is 11.9 Å². The molecule has 0 unspecified atom stereocenters. The predicted molar refractivity (Wildman–Crippen MR) is 42.0 cm³/mol. The molecule has 0 fully saturated rings. The predicted octanol–water partition coefficient (Wildman–Crippen LogP) is 1.45. The maximum Gasteiger partial charge on any atom is 0.162 e. The van der Waals surface area contributed by atoms with Gasteiger partial charge < -0.3 is 5.11 Å². The average Bonchev–Trinajstić information content (AvgIpc) is 2.03. The highest BCUT2D eigenvalue weighted by Gasteiger charge is 2.12. The van der Waals surface area contributed by atoms with E-state index in [9.17, 15) is 14.3 Å². The van der Waals surface area contributed by atoms with Gasteiger partial charge in [0, 0.05) is 0 Å². The molecule has 64 valence electrons. The van der Waals surface area contributed by atoms with Crippen LogP contribution in [0.5, 0.6) is 0 Å². The number of ketones is 1. The van der Waals surface area contributed by atoms with Crippen LogP contribution in [0.4, 0.5) is 4.39 Å². The molecule has 0 spiro atoms. The first-order valence-electron chi connectivity index (χ1n) is 3.55. The molecule has 1 atom stereocenters. The summed E-state index contributed by atoms with van der Waals surface area (Å²) in [5.41, 5.74) is 0.294. The zero-order valence-corrected chi connectivity index (χ0v) is 6.62. The standard InChI is InChI=1S/C9H9FO2/c1-6(11)9(12)7-3-2-4-8(10)5-7/h2-5,9,12H,1H3/t9-/m1/s1. The van der Waals surface area contributed by atoms with E-state index in [1.807, 2.05) is 0 Å². The van der Waals surface area contributed by atoms with Gasteiger partial charge in [0.05, 0.1) is 0 Å². The number of hydrogen-bond acceptors (Lipinski definition) is 2. The number of carbonyl (C=O) groups excluding carboxylic acids is 1. The third kappa shape index (κ3) is 1.89. The summed E-state index contributed by atoms with van der Waals surface area (Å²) in [5.74, 6) is -0.839. The van der Waals surface area contributed by atoms with Crippen LogP contribution in [-0.4, -0.2) is 10.9 Å². The summed E-state index contributed by atoms with van der Waals surface area (Å²) in [6.45, 7) is 1.26. The van der Waals surface area contributed by atoms with Gasteiger partial charge in [-0.15, -0.1) is 0 Å². The van der Waals surface area contributed by atoms with Gasteiger partial charge in [0.15, 0.2) is 5.78 Å². The Balaban J connectivity index is 2.95. The summed E-state index contributed by atoms with van der Waals surface area (Å²) >= 11 is 0. The van der Waals surface area contributed by atoms with Crippen molar-refractivity contribution in [3.05, 3.63) is 35.6 Å². The molecule has 0 heterocycles. The van der Waals surface area contributed by atoms with Crippen LogP contribution < -0.4 is 0 Å². The first kappa shape index (κ1) is 8.87. The van der Waals surface area contributed by atoms with E-state index in [2.05, 4.69) is 0 Å². The second kappa shape index (κ2) is 3.45. The highest BCUT2D eigenvalue weighted by atomic mass is 19.1. The van der Waals surface area contributed by atoms with E-state index >= 15 is 0 Å². The Kier molecular flexibility index (Phi) is 2.55. The lowest BCUT2D eigenvalue weighted by molar-refractivity contribution is -0.125. The van der Waals surface area contributed by atoms with Gasteiger partial charge in [-0.3, -0.25) is 4.79 Å². The smallest absolute Gasteiger partial charge is 0.162 e. The lowest BCUT2D eigenvalue weighted by Crippen LogP contribution is -2.07. The molecule has 0 saturated carbocycles. The third-order valence-corrected chi connectivity index (χ3v) is 1.55. The fraction of sp³-hybridized carbons (Fsp3) is 0.222. The van der Waals surface area contributed by atoms with Crippen molar-refractivity contribution >= 4 is 5.78 Å². The zero-order chi connectivity index (χ0) is 9.14. The summed E-state index contributed by atoms with van der Waals surface area (Å²) in [5, 5.41) is 9.21. The molecule has 1 aromatic carbocycles. The van der Waals surface area contributed by atoms with Gasteiger partial charge in [-0.1, -0.05) is 12.1 Å². The molecule has 0 saturated heterocycles. The van der Waals surface area contributed by atoms with Crippen molar-refractivity contribution in [2.24, 2.45) is 0 Å². The molecule has 0 aliphatic carbocycles. The first-order chi connectivity index (χ1) is 5.61. The topological polar surface area (TPSA) is 37.3 Å². The van der Waals surface area contributed by atoms with Crippen molar-refractivity contribution in [1.82, 2.24) is 0 Å². The van der Waals surface area contributed by atoms with Crippen LogP contribution in [0.1, 0.15) is 18.6 Å². The minimum Gasteiger partial charge on any atom is -0.381 e. The number of Topliss-reactive ketones (excluding diaryl/α,β-unsaturated/α-hetero) is 1. The summed E-state index contributed by atoms with van der Waals surface area (Å²) in [6, 6.07) is 5.37. The van der Waals surface area contributed by atoms with Crippen LogP contribution in [0.3, 0.4) is 0 Å². The molecule has 12 heavy (non-hydrogen) atoms. The van der Waals surface area contributed by atoms with Crippen molar-refractivity contribution in [3.8, 4) is 0 Å². The van der Waals surface area contributed by atoms with Gasteiger partial charge in [-0.2, -0.15) is 0 Å². The Morgan fingerprint density at radius 1 is 1.58 bits per heavy atom. The van der Waals surface area contributed by atoms with E-state index in [1.54, 1.807) is 0 Å². The molecule has 0 bridgehead atoms. The summed E-state index contributed by atoms with van der Waals surface area (Å²) in [4.78, 5) is 10.7. The van der Waals surface area contributed by atoms with Crippen molar-refractivity contribution in [2.75, 3.05) is 0 Å². The molecule has 1 N–H and O–H groups in total. The average molecular weight is 168 g/mol. The van der Waals surface area contributed by atoms with Crippen LogP contribution in [0.25, 0.3) is 0 Å². The van der Waals surface area contributed by atoms with E-state index in [4.69, 9.17) is 0 Å². The number of hydrogen-bond donors (Lipinski definition) is 1. The summed E-state index contributed by atoms with van der Waals surface area (Å²) in [7, 11) is 0. The van der Waals surface area contributed by atoms with Crippen LogP contribution >= 0.6 is 0 Å². The van der Waals surface area contributed by atoms with Gasteiger partial charge in [0.1, 0.15) is 11.9 Å². The second-order valence-corrected chi connectivity index (χ2v) is 2.57. The maximum absolute atomic E-state index is 12.6. The Morgan fingerprint density at radius 2 is 2.25 bits per heavy atom. The Labute approximate surface area is 69.6 Å². The van der Waals surface area contributed by atoms with E-state index in [-0.39, 0.29) is 5.78 Å². The summed E-state index contributed by atoms with van der Waals surface area (Å²) in [6.07, 6.45) is -1.21. The van der Waals surface area contributed by atoms with Gasteiger partial charge in [-0.25, -0.2) is 4.39 Å². The third-order valence-electron chi connectivity index (χ3n) is 1.55. The largest absolute Gasteiger partial charge is 0.381 e. The minimum absolute atomic E-state index is 0.294. The van der Waals surface area contributed by atoms with Gasteiger partial charge in [0.25, 0.3) is 0 Å². The fourth-order valence-electron chi connectivity index (χ4n) is 0.911. The lowest BCUT2D eigenvalue weighted by atomic mass is 10.1. The van der Waals surface area contributed by atoms with E-state index in [1.165, 1.54) is 25.1 Å². The normalized spacial score (nSPS) is 12.6. The number of carbonyl (C=O) groups is 1. The molecule has 0 amide bonds. The molecule has 0 aromatic heterocycles. The van der Waals surface area contributed by atoms with Crippen LogP contribution in [-0.2, 0) is 4.79 Å². The summed E-state index contributed by atoms with van der Waals surface area (Å²) < 4.78 is 12.6. The molecule has 0 aliphatic rings. The van der Waals surface area contributed by atoms with Crippen molar-refractivity contribution in [1.29, 1.82) is 0 Å². The molecule has 1 aromatic rings. The second-order valence-electron chi connectivity index (χ2n) is 2.57. The van der Waals surface area contributed by atoms with Gasteiger partial charge >= 0.3 is 0 Å². The molecule has 3 heteroatoms. The minimum atomic E-state index is -1.21. The Bertz CT molecular complexity index is 296. The number of aliphatic hydroxyl groups excluding tert-OH is 1. The lowest BCUT2D eigenvalue weighted by Gasteiger charge is -2.05. The first-order valence-corrected chi connectivity index (χ1v) is 3.55. The molecule has 0 radical (unpaired) electrons. The molecule has 0 aliphatic heterocycles. The van der Waals surface area contributed by atoms with Crippen LogP contribution in [0, 0.1) is 5.82 Å². The van der Waals surface area contributed by atoms with Crippen LogP contribution in [0.2, 0.25) is 0 Å².